The summed E-state index contributed by atoms with van der Waals surface area (Å²) in [6, 6.07) is 9.70. The minimum absolute atomic E-state index is 0.175. The van der Waals surface area contributed by atoms with Crippen LogP contribution in [0.15, 0.2) is 36.5 Å². The molecule has 0 spiro atoms. The highest BCUT2D eigenvalue weighted by atomic mass is 16.1. The Hall–Kier alpha value is -2.36. The second kappa shape index (κ2) is 5.33. The lowest BCUT2D eigenvalue weighted by Crippen LogP contribution is -2.13. The monoisotopic (exact) mass is 267 g/mol. The zero-order valence-corrected chi connectivity index (χ0v) is 11.4. The van der Waals surface area contributed by atoms with E-state index in [0.717, 1.165) is 24.2 Å². The lowest BCUT2D eigenvalue weighted by atomic mass is 10.1. The predicted molar refractivity (Wildman–Crippen MR) is 80.2 cm³/mol. The Morgan fingerprint density at radius 3 is 2.65 bits per heavy atom. The Balaban J connectivity index is 1.75. The number of rotatable bonds is 3. The predicted octanol–water partition coefficient (Wildman–Crippen LogP) is 2.86. The van der Waals surface area contributed by atoms with Gasteiger partial charge < -0.3 is 10.6 Å². The van der Waals surface area contributed by atoms with Gasteiger partial charge in [0.25, 0.3) is 5.91 Å². The van der Waals surface area contributed by atoms with Gasteiger partial charge in [0.1, 0.15) is 5.69 Å². The van der Waals surface area contributed by atoms with Crippen molar-refractivity contribution < 1.29 is 4.79 Å². The zero-order chi connectivity index (χ0) is 13.9. The van der Waals surface area contributed by atoms with Gasteiger partial charge in [-0.15, -0.1) is 0 Å². The lowest BCUT2D eigenvalue weighted by Gasteiger charge is -2.07. The van der Waals surface area contributed by atoms with Crippen molar-refractivity contribution in [1.82, 2.24) is 4.98 Å². The van der Waals surface area contributed by atoms with Crippen molar-refractivity contribution in [2.45, 2.75) is 19.3 Å². The first-order valence-electron chi connectivity index (χ1n) is 6.83. The maximum atomic E-state index is 12.1. The van der Waals surface area contributed by atoms with E-state index in [4.69, 9.17) is 0 Å². The fourth-order valence-corrected chi connectivity index (χ4v) is 2.52. The number of anilines is 2. The van der Waals surface area contributed by atoms with Gasteiger partial charge in [-0.3, -0.25) is 4.79 Å². The van der Waals surface area contributed by atoms with Crippen molar-refractivity contribution in [2.75, 3.05) is 17.7 Å². The van der Waals surface area contributed by atoms with Crippen LogP contribution in [0.2, 0.25) is 0 Å². The van der Waals surface area contributed by atoms with Gasteiger partial charge in [-0.05, 0) is 54.7 Å². The first-order valence-corrected chi connectivity index (χ1v) is 6.83. The first-order chi connectivity index (χ1) is 9.76. The summed E-state index contributed by atoms with van der Waals surface area (Å²) in [6.07, 6.45) is 5.11. The van der Waals surface area contributed by atoms with Crippen molar-refractivity contribution in [3.8, 4) is 0 Å². The number of aryl methyl sites for hydroxylation is 2. The lowest BCUT2D eigenvalue weighted by molar-refractivity contribution is 0.102. The Kier molecular flexibility index (Phi) is 3.37. The summed E-state index contributed by atoms with van der Waals surface area (Å²) in [5, 5.41) is 5.88. The third kappa shape index (κ3) is 2.50. The van der Waals surface area contributed by atoms with Crippen LogP contribution in [0.1, 0.15) is 28.0 Å². The molecule has 0 radical (unpaired) electrons. The van der Waals surface area contributed by atoms with Gasteiger partial charge in [-0.1, -0.05) is 6.07 Å². The quantitative estimate of drug-likeness (QED) is 0.899. The van der Waals surface area contributed by atoms with E-state index in [9.17, 15) is 4.79 Å². The van der Waals surface area contributed by atoms with Gasteiger partial charge in [0.15, 0.2) is 0 Å². The van der Waals surface area contributed by atoms with Crippen molar-refractivity contribution in [3.63, 3.8) is 0 Å². The SMILES string of the molecule is CNc1ccc(C(=O)Nc2ccc3c(c2)CCC3)nc1. The smallest absolute Gasteiger partial charge is 0.274 e. The van der Waals surface area contributed by atoms with Crippen LogP contribution in [0.5, 0.6) is 0 Å². The number of pyridine rings is 1. The Bertz CT molecular complexity index is 635. The van der Waals surface area contributed by atoms with Gasteiger partial charge in [-0.2, -0.15) is 0 Å². The van der Waals surface area contributed by atoms with E-state index in [0.29, 0.717) is 5.69 Å². The van der Waals surface area contributed by atoms with E-state index in [1.165, 1.54) is 17.5 Å². The summed E-state index contributed by atoms with van der Waals surface area (Å²) in [5.41, 5.74) is 4.90. The summed E-state index contributed by atoms with van der Waals surface area (Å²) < 4.78 is 0. The molecule has 1 aromatic heterocycles. The van der Waals surface area contributed by atoms with Gasteiger partial charge in [0, 0.05) is 12.7 Å². The number of hydrogen-bond donors (Lipinski definition) is 2. The second-order valence-electron chi connectivity index (χ2n) is 4.97. The van der Waals surface area contributed by atoms with E-state index in [1.54, 1.807) is 12.3 Å². The average molecular weight is 267 g/mol. The van der Waals surface area contributed by atoms with E-state index < -0.39 is 0 Å². The number of carbonyl (C=O) groups is 1. The highest BCUT2D eigenvalue weighted by Crippen LogP contribution is 2.25. The summed E-state index contributed by atoms with van der Waals surface area (Å²) in [5.74, 6) is -0.175. The topological polar surface area (TPSA) is 54.0 Å². The number of benzene rings is 1. The molecule has 2 aromatic rings. The molecule has 0 saturated carbocycles. The van der Waals surface area contributed by atoms with Crippen molar-refractivity contribution in [1.29, 1.82) is 0 Å². The molecule has 0 aliphatic heterocycles. The van der Waals surface area contributed by atoms with E-state index in [1.807, 2.05) is 19.2 Å². The van der Waals surface area contributed by atoms with Crippen LogP contribution in [-0.2, 0) is 12.8 Å². The van der Waals surface area contributed by atoms with Crippen molar-refractivity contribution >= 4 is 17.3 Å². The minimum atomic E-state index is -0.175. The highest BCUT2D eigenvalue weighted by Gasteiger charge is 2.13. The van der Waals surface area contributed by atoms with Crippen LogP contribution >= 0.6 is 0 Å². The molecule has 1 amide bonds. The molecule has 1 aliphatic carbocycles. The van der Waals surface area contributed by atoms with Crippen LogP contribution in [-0.4, -0.2) is 17.9 Å². The number of aromatic nitrogens is 1. The minimum Gasteiger partial charge on any atom is -0.387 e. The largest absolute Gasteiger partial charge is 0.387 e. The van der Waals surface area contributed by atoms with E-state index in [2.05, 4.69) is 27.8 Å². The molecular weight excluding hydrogens is 250 g/mol. The van der Waals surface area contributed by atoms with Crippen LogP contribution in [0.3, 0.4) is 0 Å². The number of hydrogen-bond acceptors (Lipinski definition) is 3. The van der Waals surface area contributed by atoms with Crippen LogP contribution < -0.4 is 10.6 Å². The molecule has 0 saturated heterocycles. The van der Waals surface area contributed by atoms with E-state index >= 15 is 0 Å². The standard InChI is InChI=1S/C16H17N3O/c1-17-14-7-8-15(18-10-14)16(20)19-13-6-5-11-3-2-4-12(11)9-13/h5-10,17H,2-4H2,1H3,(H,19,20). The zero-order valence-electron chi connectivity index (χ0n) is 11.4. The summed E-state index contributed by atoms with van der Waals surface area (Å²) in [7, 11) is 1.82. The van der Waals surface area contributed by atoms with E-state index in [-0.39, 0.29) is 5.91 Å². The van der Waals surface area contributed by atoms with Gasteiger partial charge in [-0.25, -0.2) is 4.98 Å². The third-order valence-corrected chi connectivity index (χ3v) is 3.64. The summed E-state index contributed by atoms with van der Waals surface area (Å²) in [4.78, 5) is 16.3. The van der Waals surface area contributed by atoms with Gasteiger partial charge >= 0.3 is 0 Å². The first kappa shape index (κ1) is 12.7. The molecule has 0 fully saturated rings. The molecule has 4 heteroatoms. The molecule has 0 unspecified atom stereocenters. The molecule has 3 rings (SSSR count). The maximum Gasteiger partial charge on any atom is 0.274 e. The molecule has 1 heterocycles. The Morgan fingerprint density at radius 2 is 1.90 bits per heavy atom. The Labute approximate surface area is 118 Å². The molecule has 0 bridgehead atoms. The molecule has 1 aromatic carbocycles. The summed E-state index contributed by atoms with van der Waals surface area (Å²) >= 11 is 0. The van der Waals surface area contributed by atoms with Crippen LogP contribution in [0, 0.1) is 0 Å². The van der Waals surface area contributed by atoms with Gasteiger partial charge in [0.2, 0.25) is 0 Å². The number of amides is 1. The number of fused-ring (bicyclic) bond motifs is 1. The fraction of sp³-hybridized carbons (Fsp3) is 0.250. The third-order valence-electron chi connectivity index (χ3n) is 3.64. The van der Waals surface area contributed by atoms with Crippen LogP contribution in [0.25, 0.3) is 0 Å². The Morgan fingerprint density at radius 1 is 1.10 bits per heavy atom. The molecule has 1 aliphatic rings. The van der Waals surface area contributed by atoms with Crippen molar-refractivity contribution in [2.24, 2.45) is 0 Å². The number of nitrogens with zero attached hydrogens (tertiary/aromatic N) is 1. The molecule has 102 valence electrons. The maximum absolute atomic E-state index is 12.1. The number of nitrogens with one attached hydrogen (secondary N) is 2. The van der Waals surface area contributed by atoms with Crippen molar-refractivity contribution in [3.05, 3.63) is 53.3 Å². The molecule has 20 heavy (non-hydrogen) atoms. The molecule has 4 nitrogen and oxygen atoms in total. The molecular formula is C16H17N3O. The number of carbonyl (C=O) groups excluding carboxylic acids is 1. The molecule has 0 atom stereocenters. The summed E-state index contributed by atoms with van der Waals surface area (Å²) in [6.45, 7) is 0. The average Bonchev–Trinajstić information content (AvgIpc) is 2.95. The van der Waals surface area contributed by atoms with Crippen LogP contribution in [0.4, 0.5) is 11.4 Å². The highest BCUT2D eigenvalue weighted by molar-refractivity contribution is 6.03. The van der Waals surface area contributed by atoms with Gasteiger partial charge in [0.05, 0.1) is 11.9 Å². The second-order valence-corrected chi connectivity index (χ2v) is 4.97. The fourth-order valence-electron chi connectivity index (χ4n) is 2.52. The normalized spacial score (nSPS) is 12.8. The molecule has 2 N–H and O–H groups in total.